The SMILES string of the molecule is CCNC(=NCCc1cccc(C(=O)N(C)C)c1)NC(C)c1ccccc1C.I. The number of rotatable bonds is 7. The Kier molecular flexibility index (Phi) is 10.7. The van der Waals surface area contributed by atoms with Crippen molar-refractivity contribution in [3.05, 3.63) is 70.8 Å². The molecule has 0 aliphatic carbocycles. The highest BCUT2D eigenvalue weighted by Crippen LogP contribution is 2.16. The number of aliphatic imine (C=N–C) groups is 1. The molecule has 0 aliphatic heterocycles. The second-order valence-corrected chi connectivity index (χ2v) is 7.13. The van der Waals surface area contributed by atoms with E-state index in [4.69, 9.17) is 4.99 Å². The van der Waals surface area contributed by atoms with Gasteiger partial charge in [0.1, 0.15) is 0 Å². The van der Waals surface area contributed by atoms with E-state index >= 15 is 0 Å². The van der Waals surface area contributed by atoms with Gasteiger partial charge in [-0.2, -0.15) is 0 Å². The molecule has 1 atom stereocenters. The Morgan fingerprint density at radius 1 is 1.14 bits per heavy atom. The highest BCUT2D eigenvalue weighted by atomic mass is 127. The molecule has 0 spiro atoms. The molecule has 1 amide bonds. The summed E-state index contributed by atoms with van der Waals surface area (Å²) in [6, 6.07) is 16.3. The molecule has 2 aromatic carbocycles. The monoisotopic (exact) mass is 508 g/mol. The standard InChI is InChI=1S/C23H32N4O.HI/c1-6-24-23(26-18(3)21-13-8-7-10-17(21)2)25-15-14-19-11-9-12-20(16-19)22(28)27(4)5;/h7-13,16,18H,6,14-15H2,1-5H3,(H2,24,25,26);1H. The molecule has 0 radical (unpaired) electrons. The normalized spacial score (nSPS) is 12.0. The fourth-order valence-electron chi connectivity index (χ4n) is 3.09. The van der Waals surface area contributed by atoms with Gasteiger partial charge in [-0.1, -0.05) is 36.4 Å². The van der Waals surface area contributed by atoms with Gasteiger partial charge in [-0.3, -0.25) is 9.79 Å². The first kappa shape index (κ1) is 24.9. The van der Waals surface area contributed by atoms with E-state index in [1.165, 1.54) is 11.1 Å². The molecule has 0 saturated carbocycles. The maximum absolute atomic E-state index is 12.1. The van der Waals surface area contributed by atoms with Crippen LogP contribution in [-0.4, -0.2) is 44.0 Å². The minimum absolute atomic E-state index is 0. The van der Waals surface area contributed by atoms with Gasteiger partial charge in [-0.05, 0) is 56.0 Å². The molecule has 2 rings (SSSR count). The van der Waals surface area contributed by atoms with E-state index < -0.39 is 0 Å². The Morgan fingerprint density at radius 3 is 2.52 bits per heavy atom. The lowest BCUT2D eigenvalue weighted by Gasteiger charge is -2.19. The molecule has 29 heavy (non-hydrogen) atoms. The third-order valence-electron chi connectivity index (χ3n) is 4.60. The molecule has 0 aliphatic rings. The van der Waals surface area contributed by atoms with Gasteiger partial charge < -0.3 is 15.5 Å². The molecule has 158 valence electrons. The molecule has 0 heterocycles. The number of hydrogen-bond acceptors (Lipinski definition) is 2. The minimum atomic E-state index is 0. The summed E-state index contributed by atoms with van der Waals surface area (Å²) < 4.78 is 0. The predicted molar refractivity (Wildman–Crippen MR) is 132 cm³/mol. The van der Waals surface area contributed by atoms with Crippen molar-refractivity contribution < 1.29 is 4.79 Å². The van der Waals surface area contributed by atoms with Crippen LogP contribution in [0.5, 0.6) is 0 Å². The second-order valence-electron chi connectivity index (χ2n) is 7.13. The predicted octanol–water partition coefficient (Wildman–Crippen LogP) is 4.17. The Morgan fingerprint density at radius 2 is 1.86 bits per heavy atom. The first-order valence-electron chi connectivity index (χ1n) is 9.83. The average Bonchev–Trinajstić information content (AvgIpc) is 2.68. The summed E-state index contributed by atoms with van der Waals surface area (Å²) in [6.07, 6.45) is 0.782. The number of hydrogen-bond donors (Lipinski definition) is 2. The summed E-state index contributed by atoms with van der Waals surface area (Å²) in [5.74, 6) is 0.825. The smallest absolute Gasteiger partial charge is 0.253 e. The number of halogens is 1. The zero-order valence-corrected chi connectivity index (χ0v) is 20.4. The van der Waals surface area contributed by atoms with Crippen LogP contribution in [0.15, 0.2) is 53.5 Å². The zero-order chi connectivity index (χ0) is 20.5. The van der Waals surface area contributed by atoms with Crippen molar-refractivity contribution in [3.8, 4) is 0 Å². The van der Waals surface area contributed by atoms with Crippen LogP contribution in [0.3, 0.4) is 0 Å². The fraction of sp³-hybridized carbons (Fsp3) is 0.391. The first-order chi connectivity index (χ1) is 13.4. The van der Waals surface area contributed by atoms with Gasteiger partial charge in [0.2, 0.25) is 0 Å². The lowest BCUT2D eigenvalue weighted by Crippen LogP contribution is -2.39. The molecule has 2 aromatic rings. The Bertz CT molecular complexity index is 820. The van der Waals surface area contributed by atoms with Gasteiger partial charge in [-0.25, -0.2) is 0 Å². The topological polar surface area (TPSA) is 56.7 Å². The Balaban J connectivity index is 0.00000420. The first-order valence-corrected chi connectivity index (χ1v) is 9.83. The summed E-state index contributed by atoms with van der Waals surface area (Å²) in [5.41, 5.74) is 4.35. The van der Waals surface area contributed by atoms with Crippen LogP contribution in [0.25, 0.3) is 0 Å². The van der Waals surface area contributed by atoms with Crippen molar-refractivity contribution >= 4 is 35.8 Å². The summed E-state index contributed by atoms with van der Waals surface area (Å²) in [5, 5.41) is 6.80. The van der Waals surface area contributed by atoms with Crippen LogP contribution in [0.1, 0.15) is 46.9 Å². The Hall–Kier alpha value is -2.09. The molecular weight excluding hydrogens is 475 g/mol. The van der Waals surface area contributed by atoms with Gasteiger partial charge in [0.05, 0.1) is 6.04 Å². The van der Waals surface area contributed by atoms with Crippen LogP contribution in [0.4, 0.5) is 0 Å². The van der Waals surface area contributed by atoms with Crippen LogP contribution < -0.4 is 10.6 Å². The number of nitrogens with one attached hydrogen (secondary N) is 2. The molecule has 2 N–H and O–H groups in total. The summed E-state index contributed by atoms with van der Waals surface area (Å²) in [7, 11) is 3.53. The summed E-state index contributed by atoms with van der Waals surface area (Å²) in [4.78, 5) is 18.4. The molecule has 0 bridgehead atoms. The molecule has 6 heteroatoms. The largest absolute Gasteiger partial charge is 0.357 e. The molecular formula is C23H33IN4O. The number of amides is 1. The molecule has 0 fully saturated rings. The lowest BCUT2D eigenvalue weighted by molar-refractivity contribution is 0.0827. The quantitative estimate of drug-likeness (QED) is 0.336. The molecule has 1 unspecified atom stereocenters. The van der Waals surface area contributed by atoms with E-state index in [1.54, 1.807) is 19.0 Å². The van der Waals surface area contributed by atoms with Crippen LogP contribution in [0.2, 0.25) is 0 Å². The minimum Gasteiger partial charge on any atom is -0.357 e. The van der Waals surface area contributed by atoms with Crippen molar-refractivity contribution in [2.75, 3.05) is 27.2 Å². The fourth-order valence-corrected chi connectivity index (χ4v) is 3.09. The number of aryl methyl sites for hydroxylation is 1. The van der Waals surface area contributed by atoms with Gasteiger partial charge in [0, 0.05) is 32.7 Å². The summed E-state index contributed by atoms with van der Waals surface area (Å²) in [6.45, 7) is 7.78. The number of carbonyl (C=O) groups excluding carboxylic acids is 1. The van der Waals surface area contributed by atoms with Crippen LogP contribution in [0, 0.1) is 6.92 Å². The van der Waals surface area contributed by atoms with Crippen LogP contribution in [-0.2, 0) is 6.42 Å². The van der Waals surface area contributed by atoms with Crippen molar-refractivity contribution in [3.63, 3.8) is 0 Å². The molecule has 0 saturated heterocycles. The van der Waals surface area contributed by atoms with Gasteiger partial charge in [0.15, 0.2) is 5.96 Å². The van der Waals surface area contributed by atoms with E-state index in [-0.39, 0.29) is 35.9 Å². The van der Waals surface area contributed by atoms with Crippen molar-refractivity contribution in [2.45, 2.75) is 33.2 Å². The summed E-state index contributed by atoms with van der Waals surface area (Å²) >= 11 is 0. The van der Waals surface area contributed by atoms with E-state index in [2.05, 4.69) is 55.7 Å². The van der Waals surface area contributed by atoms with E-state index in [1.807, 2.05) is 24.3 Å². The highest BCUT2D eigenvalue weighted by Gasteiger charge is 2.10. The van der Waals surface area contributed by atoms with E-state index in [9.17, 15) is 4.79 Å². The Labute approximate surface area is 192 Å². The third kappa shape index (κ3) is 7.68. The zero-order valence-electron chi connectivity index (χ0n) is 18.0. The van der Waals surface area contributed by atoms with Crippen LogP contribution >= 0.6 is 24.0 Å². The second kappa shape index (κ2) is 12.5. The van der Waals surface area contributed by atoms with Gasteiger partial charge in [0.25, 0.3) is 5.91 Å². The number of benzene rings is 2. The van der Waals surface area contributed by atoms with Gasteiger partial charge in [-0.15, -0.1) is 24.0 Å². The highest BCUT2D eigenvalue weighted by molar-refractivity contribution is 14.0. The van der Waals surface area contributed by atoms with E-state index in [0.717, 1.165) is 24.5 Å². The maximum Gasteiger partial charge on any atom is 0.253 e. The number of nitrogens with zero attached hydrogens (tertiary/aromatic N) is 2. The molecule has 5 nitrogen and oxygen atoms in total. The van der Waals surface area contributed by atoms with E-state index in [0.29, 0.717) is 12.1 Å². The number of carbonyl (C=O) groups is 1. The van der Waals surface area contributed by atoms with Crippen molar-refractivity contribution in [1.29, 1.82) is 0 Å². The average molecular weight is 508 g/mol. The van der Waals surface area contributed by atoms with Crippen molar-refractivity contribution in [2.24, 2.45) is 4.99 Å². The van der Waals surface area contributed by atoms with Gasteiger partial charge >= 0.3 is 0 Å². The maximum atomic E-state index is 12.1. The third-order valence-corrected chi connectivity index (χ3v) is 4.60. The number of guanidine groups is 1. The lowest BCUT2D eigenvalue weighted by atomic mass is 10.0. The molecule has 0 aromatic heterocycles. The van der Waals surface area contributed by atoms with Crippen molar-refractivity contribution in [1.82, 2.24) is 15.5 Å².